The summed E-state index contributed by atoms with van der Waals surface area (Å²) in [5, 5.41) is 9.87. The molecular weight excluding hydrogens is 276 g/mol. The molecule has 0 aliphatic rings. The molecule has 0 saturated heterocycles. The van der Waals surface area contributed by atoms with Gasteiger partial charge in [0.25, 0.3) is 0 Å². The van der Waals surface area contributed by atoms with Gasteiger partial charge in [0.2, 0.25) is 0 Å². The van der Waals surface area contributed by atoms with E-state index < -0.39 is 5.97 Å². The number of fused-ring (bicyclic) bond motifs is 1. The lowest BCUT2D eigenvalue weighted by Crippen LogP contribution is -1.99. The van der Waals surface area contributed by atoms with Crippen LogP contribution in [0.1, 0.15) is 15.9 Å². The highest BCUT2D eigenvalue weighted by Gasteiger charge is 2.12. The summed E-state index contributed by atoms with van der Waals surface area (Å²) >= 11 is 6.01. The molecule has 0 aliphatic heterocycles. The number of carboxylic acid groups (broad SMARTS) is 1. The maximum atomic E-state index is 11.2. The van der Waals surface area contributed by atoms with Crippen LogP contribution in [0.3, 0.4) is 0 Å². The van der Waals surface area contributed by atoms with Crippen molar-refractivity contribution in [2.75, 3.05) is 0 Å². The van der Waals surface area contributed by atoms with Crippen LogP contribution >= 0.6 is 11.6 Å². The Morgan fingerprint density at radius 3 is 2.85 bits per heavy atom. The predicted octanol–water partition coefficient (Wildman–Crippen LogP) is 3.66. The molecule has 0 aliphatic carbocycles. The number of pyridine rings is 1. The number of carbonyl (C=O) groups is 1. The molecule has 100 valence electrons. The highest BCUT2D eigenvalue weighted by molar-refractivity contribution is 6.31. The molecule has 0 spiro atoms. The number of aromatic nitrogens is 2. The minimum absolute atomic E-state index is 0.185. The largest absolute Gasteiger partial charge is 0.478 e. The number of aryl methyl sites for hydroxylation is 1. The first-order chi connectivity index (χ1) is 9.56. The molecule has 1 N–H and O–H groups in total. The molecule has 3 rings (SSSR count). The van der Waals surface area contributed by atoms with Crippen LogP contribution in [0.5, 0.6) is 0 Å². The van der Waals surface area contributed by atoms with Crippen molar-refractivity contribution in [3.8, 4) is 11.3 Å². The van der Waals surface area contributed by atoms with Crippen LogP contribution in [0.15, 0.2) is 42.7 Å². The van der Waals surface area contributed by atoms with Crippen LogP contribution in [0, 0.1) is 6.92 Å². The smallest absolute Gasteiger partial charge is 0.339 e. The Morgan fingerprint density at radius 1 is 1.35 bits per heavy atom. The quantitative estimate of drug-likeness (QED) is 0.782. The van der Waals surface area contributed by atoms with E-state index in [-0.39, 0.29) is 5.56 Å². The van der Waals surface area contributed by atoms with E-state index in [0.29, 0.717) is 10.7 Å². The summed E-state index contributed by atoms with van der Waals surface area (Å²) in [4.78, 5) is 15.6. The minimum Gasteiger partial charge on any atom is -0.478 e. The number of halogens is 1. The fraction of sp³-hybridized carbons (Fsp3) is 0.0667. The molecule has 0 radical (unpaired) electrons. The average Bonchev–Trinajstić information content (AvgIpc) is 2.85. The van der Waals surface area contributed by atoms with Crippen molar-refractivity contribution >= 4 is 23.2 Å². The maximum absolute atomic E-state index is 11.2. The van der Waals surface area contributed by atoms with Crippen LogP contribution in [0.4, 0.5) is 0 Å². The van der Waals surface area contributed by atoms with Gasteiger partial charge in [-0.05, 0) is 36.8 Å². The predicted molar refractivity (Wildman–Crippen MR) is 77.3 cm³/mol. The summed E-state index contributed by atoms with van der Waals surface area (Å²) in [5.74, 6) is -0.986. The Morgan fingerprint density at radius 2 is 2.15 bits per heavy atom. The van der Waals surface area contributed by atoms with Gasteiger partial charge in [-0.2, -0.15) is 0 Å². The minimum atomic E-state index is -0.986. The summed E-state index contributed by atoms with van der Waals surface area (Å²) in [5.41, 5.74) is 3.21. The number of benzene rings is 1. The average molecular weight is 287 g/mol. The van der Waals surface area contributed by atoms with Crippen molar-refractivity contribution in [2.24, 2.45) is 0 Å². The first-order valence-electron chi connectivity index (χ1n) is 6.04. The molecule has 2 aromatic heterocycles. The fourth-order valence-electron chi connectivity index (χ4n) is 2.12. The van der Waals surface area contributed by atoms with Crippen LogP contribution in [0.25, 0.3) is 16.9 Å². The second-order valence-electron chi connectivity index (χ2n) is 4.55. The summed E-state index contributed by atoms with van der Waals surface area (Å²) in [6.07, 6.45) is 3.59. The van der Waals surface area contributed by atoms with Crippen molar-refractivity contribution in [3.63, 3.8) is 0 Å². The molecule has 20 heavy (non-hydrogen) atoms. The lowest BCUT2D eigenvalue weighted by Gasteiger charge is -2.00. The molecule has 0 bridgehead atoms. The Balaban J connectivity index is 2.20. The Bertz CT molecular complexity index is 824. The zero-order valence-corrected chi connectivity index (χ0v) is 11.4. The zero-order chi connectivity index (χ0) is 14.3. The SMILES string of the molecule is Cc1cc(-c2cn3cccc(C(=O)O)c3n2)ccc1Cl. The highest BCUT2D eigenvalue weighted by atomic mass is 35.5. The molecule has 2 heterocycles. The molecule has 4 nitrogen and oxygen atoms in total. The van der Waals surface area contributed by atoms with Crippen molar-refractivity contribution in [1.29, 1.82) is 0 Å². The van der Waals surface area contributed by atoms with E-state index in [0.717, 1.165) is 16.8 Å². The van der Waals surface area contributed by atoms with Gasteiger partial charge in [0, 0.05) is 23.0 Å². The molecule has 3 aromatic rings. The number of carboxylic acids is 1. The number of aromatic carboxylic acids is 1. The lowest BCUT2D eigenvalue weighted by atomic mass is 10.1. The Kier molecular flexibility index (Phi) is 2.95. The molecular formula is C15H11ClN2O2. The normalized spacial score (nSPS) is 10.9. The standard InChI is InChI=1S/C15H11ClN2O2/c1-9-7-10(4-5-12(9)16)13-8-18-6-2-3-11(15(19)20)14(18)17-13/h2-8H,1H3,(H,19,20). The number of hydrogen-bond acceptors (Lipinski definition) is 2. The topological polar surface area (TPSA) is 54.6 Å². The van der Waals surface area contributed by atoms with Crippen LogP contribution in [0.2, 0.25) is 5.02 Å². The Labute approximate surface area is 120 Å². The summed E-state index contributed by atoms with van der Waals surface area (Å²) in [6.45, 7) is 1.92. The lowest BCUT2D eigenvalue weighted by molar-refractivity contribution is 0.0698. The van der Waals surface area contributed by atoms with Gasteiger partial charge >= 0.3 is 5.97 Å². The molecule has 0 amide bonds. The summed E-state index contributed by atoms with van der Waals surface area (Å²) in [6, 6.07) is 8.85. The molecule has 0 saturated carbocycles. The first kappa shape index (κ1) is 12.7. The molecule has 1 aromatic carbocycles. The van der Waals surface area contributed by atoms with Gasteiger partial charge < -0.3 is 9.51 Å². The van der Waals surface area contributed by atoms with Gasteiger partial charge in [0.1, 0.15) is 5.56 Å². The molecule has 0 unspecified atom stereocenters. The van der Waals surface area contributed by atoms with Gasteiger partial charge in [-0.3, -0.25) is 0 Å². The number of nitrogens with zero attached hydrogens (tertiary/aromatic N) is 2. The van der Waals surface area contributed by atoms with Gasteiger partial charge in [-0.15, -0.1) is 0 Å². The first-order valence-corrected chi connectivity index (χ1v) is 6.41. The highest BCUT2D eigenvalue weighted by Crippen LogP contribution is 2.25. The van der Waals surface area contributed by atoms with Crippen molar-refractivity contribution in [1.82, 2.24) is 9.38 Å². The summed E-state index contributed by atoms with van der Waals surface area (Å²) < 4.78 is 1.71. The van der Waals surface area contributed by atoms with Crippen LogP contribution < -0.4 is 0 Å². The third-order valence-corrected chi connectivity index (χ3v) is 3.59. The van der Waals surface area contributed by atoms with E-state index in [9.17, 15) is 9.90 Å². The maximum Gasteiger partial charge on any atom is 0.339 e. The fourth-order valence-corrected chi connectivity index (χ4v) is 2.24. The number of imidazole rings is 1. The van der Waals surface area contributed by atoms with E-state index in [1.807, 2.05) is 31.3 Å². The van der Waals surface area contributed by atoms with Crippen LogP contribution in [-0.2, 0) is 0 Å². The third-order valence-electron chi connectivity index (χ3n) is 3.17. The number of hydrogen-bond donors (Lipinski definition) is 1. The van der Waals surface area contributed by atoms with Gasteiger partial charge in [0.15, 0.2) is 5.65 Å². The van der Waals surface area contributed by atoms with Crippen molar-refractivity contribution < 1.29 is 9.90 Å². The van der Waals surface area contributed by atoms with Gasteiger partial charge in [0.05, 0.1) is 5.69 Å². The van der Waals surface area contributed by atoms with E-state index in [1.165, 1.54) is 0 Å². The molecule has 5 heteroatoms. The second-order valence-corrected chi connectivity index (χ2v) is 4.96. The van der Waals surface area contributed by atoms with Crippen molar-refractivity contribution in [3.05, 3.63) is 58.9 Å². The van der Waals surface area contributed by atoms with E-state index in [4.69, 9.17) is 11.6 Å². The van der Waals surface area contributed by atoms with Crippen LogP contribution in [-0.4, -0.2) is 20.5 Å². The zero-order valence-electron chi connectivity index (χ0n) is 10.7. The van der Waals surface area contributed by atoms with Gasteiger partial charge in [-0.25, -0.2) is 9.78 Å². The van der Waals surface area contributed by atoms with Gasteiger partial charge in [-0.1, -0.05) is 17.7 Å². The van der Waals surface area contributed by atoms with E-state index >= 15 is 0 Å². The Hall–Kier alpha value is -2.33. The molecule has 0 atom stereocenters. The van der Waals surface area contributed by atoms with E-state index in [1.54, 1.807) is 22.7 Å². The number of rotatable bonds is 2. The second kappa shape index (κ2) is 4.65. The molecule has 0 fully saturated rings. The third kappa shape index (κ3) is 2.04. The van der Waals surface area contributed by atoms with Crippen molar-refractivity contribution in [2.45, 2.75) is 6.92 Å². The monoisotopic (exact) mass is 286 g/mol. The summed E-state index contributed by atoms with van der Waals surface area (Å²) in [7, 11) is 0. The van der Waals surface area contributed by atoms with E-state index in [2.05, 4.69) is 4.98 Å².